The fourth-order valence-corrected chi connectivity index (χ4v) is 4.09. The van der Waals surface area contributed by atoms with Crippen molar-refractivity contribution >= 4 is 27.4 Å². The standard InChI is InChI=1S/C17H25N3OS/c1-11(2)8-13-9-22-16-14(13)15(18-12(3)19-16)20-6-7-21-17(4,5)10-20/h9,11H,6-8,10H2,1-5H3. The number of aromatic nitrogens is 2. The van der Waals surface area contributed by atoms with Crippen molar-refractivity contribution in [2.75, 3.05) is 24.6 Å². The van der Waals surface area contributed by atoms with Crippen molar-refractivity contribution in [2.45, 2.75) is 46.6 Å². The van der Waals surface area contributed by atoms with Gasteiger partial charge in [-0.25, -0.2) is 9.97 Å². The van der Waals surface area contributed by atoms with Gasteiger partial charge in [0.05, 0.1) is 17.6 Å². The normalized spacial score (nSPS) is 18.4. The number of nitrogens with zero attached hydrogens (tertiary/aromatic N) is 3. The molecule has 0 spiro atoms. The van der Waals surface area contributed by atoms with Crippen LogP contribution < -0.4 is 4.90 Å². The summed E-state index contributed by atoms with van der Waals surface area (Å²) in [7, 11) is 0. The number of rotatable bonds is 3. The summed E-state index contributed by atoms with van der Waals surface area (Å²) in [5.74, 6) is 2.58. The molecule has 0 unspecified atom stereocenters. The maximum Gasteiger partial charge on any atom is 0.141 e. The molecule has 5 heteroatoms. The maximum atomic E-state index is 5.85. The topological polar surface area (TPSA) is 38.2 Å². The van der Waals surface area contributed by atoms with E-state index in [9.17, 15) is 0 Å². The van der Waals surface area contributed by atoms with Crippen molar-refractivity contribution in [1.82, 2.24) is 9.97 Å². The van der Waals surface area contributed by atoms with E-state index in [0.29, 0.717) is 5.92 Å². The number of thiophene rings is 1. The van der Waals surface area contributed by atoms with Gasteiger partial charge in [-0.2, -0.15) is 0 Å². The van der Waals surface area contributed by atoms with E-state index in [4.69, 9.17) is 9.72 Å². The number of anilines is 1. The Labute approximate surface area is 136 Å². The Morgan fingerprint density at radius 3 is 2.82 bits per heavy atom. The molecule has 0 N–H and O–H groups in total. The van der Waals surface area contributed by atoms with E-state index in [1.165, 1.54) is 10.9 Å². The highest BCUT2D eigenvalue weighted by Crippen LogP contribution is 2.35. The van der Waals surface area contributed by atoms with Crippen molar-refractivity contribution in [3.63, 3.8) is 0 Å². The lowest BCUT2D eigenvalue weighted by atomic mass is 10.0. The molecule has 3 heterocycles. The number of morpholine rings is 1. The summed E-state index contributed by atoms with van der Waals surface area (Å²) >= 11 is 1.74. The zero-order valence-electron chi connectivity index (χ0n) is 14.1. The fourth-order valence-electron chi connectivity index (χ4n) is 3.10. The fraction of sp³-hybridized carbons (Fsp3) is 0.647. The monoisotopic (exact) mass is 319 g/mol. The van der Waals surface area contributed by atoms with Crippen LogP contribution in [0.4, 0.5) is 5.82 Å². The Balaban J connectivity index is 2.08. The smallest absolute Gasteiger partial charge is 0.141 e. The molecule has 2 aromatic rings. The first-order valence-corrected chi connectivity index (χ1v) is 8.87. The molecule has 0 radical (unpaired) electrons. The molecule has 0 atom stereocenters. The second kappa shape index (κ2) is 5.78. The third-order valence-corrected chi connectivity index (χ3v) is 4.88. The lowest BCUT2D eigenvalue weighted by molar-refractivity contribution is -0.0278. The third kappa shape index (κ3) is 3.10. The van der Waals surface area contributed by atoms with Crippen LogP contribution in [0, 0.1) is 12.8 Å². The van der Waals surface area contributed by atoms with Gasteiger partial charge in [0.2, 0.25) is 0 Å². The van der Waals surface area contributed by atoms with Gasteiger partial charge in [0, 0.05) is 13.1 Å². The Kier molecular flexibility index (Phi) is 4.12. The van der Waals surface area contributed by atoms with Crippen LogP contribution in [0.25, 0.3) is 10.2 Å². The van der Waals surface area contributed by atoms with Gasteiger partial charge < -0.3 is 9.64 Å². The van der Waals surface area contributed by atoms with Crippen LogP contribution in [0.5, 0.6) is 0 Å². The van der Waals surface area contributed by atoms with Crippen LogP contribution in [0.3, 0.4) is 0 Å². The summed E-state index contributed by atoms with van der Waals surface area (Å²) in [6.07, 6.45) is 1.08. The van der Waals surface area contributed by atoms with Crippen LogP contribution in [-0.2, 0) is 11.2 Å². The molecule has 2 aromatic heterocycles. The van der Waals surface area contributed by atoms with E-state index in [1.54, 1.807) is 11.3 Å². The van der Waals surface area contributed by atoms with Crippen molar-refractivity contribution in [3.8, 4) is 0 Å². The first kappa shape index (κ1) is 15.7. The molecule has 4 nitrogen and oxygen atoms in total. The molecule has 1 aliphatic rings. The predicted octanol–water partition coefficient (Wildman–Crippen LogP) is 3.81. The molecule has 3 rings (SSSR count). The second-order valence-electron chi connectivity index (χ2n) is 7.16. The number of aryl methyl sites for hydroxylation is 1. The highest BCUT2D eigenvalue weighted by Gasteiger charge is 2.30. The van der Waals surface area contributed by atoms with Gasteiger partial charge in [0.25, 0.3) is 0 Å². The largest absolute Gasteiger partial charge is 0.372 e. The van der Waals surface area contributed by atoms with Crippen LogP contribution in [0.15, 0.2) is 5.38 Å². The average molecular weight is 319 g/mol. The van der Waals surface area contributed by atoms with Gasteiger partial charge in [-0.1, -0.05) is 13.8 Å². The van der Waals surface area contributed by atoms with E-state index < -0.39 is 0 Å². The minimum atomic E-state index is -0.127. The van der Waals surface area contributed by atoms with Crippen LogP contribution >= 0.6 is 11.3 Å². The van der Waals surface area contributed by atoms with Crippen LogP contribution in [0.1, 0.15) is 39.1 Å². The van der Waals surface area contributed by atoms with Crippen LogP contribution in [0.2, 0.25) is 0 Å². The summed E-state index contributed by atoms with van der Waals surface area (Å²) in [6.45, 7) is 13.3. The molecule has 0 aliphatic carbocycles. The zero-order valence-corrected chi connectivity index (χ0v) is 15.0. The molecule has 0 bridgehead atoms. The summed E-state index contributed by atoms with van der Waals surface area (Å²) in [5.41, 5.74) is 1.26. The SMILES string of the molecule is Cc1nc(N2CCOC(C)(C)C2)c2c(CC(C)C)csc2n1. The van der Waals surface area contributed by atoms with Crippen molar-refractivity contribution in [1.29, 1.82) is 0 Å². The molecule has 0 aromatic carbocycles. The molecule has 22 heavy (non-hydrogen) atoms. The molecular formula is C17H25N3OS. The lowest BCUT2D eigenvalue weighted by Gasteiger charge is -2.39. The van der Waals surface area contributed by atoms with E-state index in [0.717, 1.165) is 42.6 Å². The molecule has 0 saturated carbocycles. The molecule has 1 saturated heterocycles. The van der Waals surface area contributed by atoms with Gasteiger partial charge in [-0.05, 0) is 44.1 Å². The molecule has 1 fully saturated rings. The zero-order chi connectivity index (χ0) is 15.9. The molecular weight excluding hydrogens is 294 g/mol. The van der Waals surface area contributed by atoms with Gasteiger partial charge in [0.15, 0.2) is 0 Å². The highest BCUT2D eigenvalue weighted by atomic mass is 32.1. The van der Waals surface area contributed by atoms with Gasteiger partial charge >= 0.3 is 0 Å². The number of hydrogen-bond acceptors (Lipinski definition) is 5. The summed E-state index contributed by atoms with van der Waals surface area (Å²) in [4.78, 5) is 12.9. The Hall–Kier alpha value is -1.20. The van der Waals surface area contributed by atoms with Gasteiger partial charge in [-0.3, -0.25) is 0 Å². The minimum Gasteiger partial charge on any atom is -0.372 e. The minimum absolute atomic E-state index is 0.127. The van der Waals surface area contributed by atoms with E-state index in [-0.39, 0.29) is 5.60 Å². The Morgan fingerprint density at radius 2 is 2.14 bits per heavy atom. The first-order chi connectivity index (χ1) is 10.4. The quantitative estimate of drug-likeness (QED) is 0.862. The maximum absolute atomic E-state index is 5.85. The first-order valence-electron chi connectivity index (χ1n) is 7.99. The van der Waals surface area contributed by atoms with Crippen molar-refractivity contribution < 1.29 is 4.74 Å². The number of ether oxygens (including phenoxy) is 1. The number of hydrogen-bond donors (Lipinski definition) is 0. The van der Waals surface area contributed by atoms with E-state index in [2.05, 4.69) is 43.0 Å². The van der Waals surface area contributed by atoms with E-state index in [1.807, 2.05) is 6.92 Å². The summed E-state index contributed by atoms with van der Waals surface area (Å²) < 4.78 is 5.85. The lowest BCUT2D eigenvalue weighted by Crippen LogP contribution is -2.48. The Morgan fingerprint density at radius 1 is 1.36 bits per heavy atom. The third-order valence-electron chi connectivity index (χ3n) is 3.96. The average Bonchev–Trinajstić information content (AvgIpc) is 2.78. The van der Waals surface area contributed by atoms with Gasteiger partial charge in [-0.15, -0.1) is 11.3 Å². The summed E-state index contributed by atoms with van der Waals surface area (Å²) in [5, 5.41) is 3.51. The van der Waals surface area contributed by atoms with Gasteiger partial charge in [0.1, 0.15) is 16.5 Å². The highest BCUT2D eigenvalue weighted by molar-refractivity contribution is 7.17. The molecule has 0 amide bonds. The van der Waals surface area contributed by atoms with Crippen molar-refractivity contribution in [2.24, 2.45) is 5.92 Å². The number of fused-ring (bicyclic) bond motifs is 1. The predicted molar refractivity (Wildman–Crippen MR) is 92.9 cm³/mol. The van der Waals surface area contributed by atoms with Crippen LogP contribution in [-0.4, -0.2) is 35.3 Å². The van der Waals surface area contributed by atoms with Crippen molar-refractivity contribution in [3.05, 3.63) is 16.8 Å². The Bertz CT molecular complexity index is 678. The molecule has 1 aliphatic heterocycles. The van der Waals surface area contributed by atoms with E-state index >= 15 is 0 Å². The second-order valence-corrected chi connectivity index (χ2v) is 8.02. The summed E-state index contributed by atoms with van der Waals surface area (Å²) in [6, 6.07) is 0. The molecule has 120 valence electrons.